The lowest BCUT2D eigenvalue weighted by atomic mass is 9.85. The SMILES string of the molecule is CCNCC1(CN2CC(C)OC(C)(C)C2)CCOC1. The van der Waals surface area contributed by atoms with Gasteiger partial charge in [0.25, 0.3) is 0 Å². The lowest BCUT2D eigenvalue weighted by Gasteiger charge is -2.45. The van der Waals surface area contributed by atoms with E-state index in [0.29, 0.717) is 11.5 Å². The number of nitrogens with one attached hydrogen (secondary N) is 1. The van der Waals surface area contributed by atoms with Gasteiger partial charge in [-0.3, -0.25) is 4.90 Å². The molecule has 112 valence electrons. The Balaban J connectivity index is 1.96. The summed E-state index contributed by atoms with van der Waals surface area (Å²) >= 11 is 0. The van der Waals surface area contributed by atoms with E-state index in [2.05, 4.69) is 37.9 Å². The minimum atomic E-state index is -0.0312. The van der Waals surface area contributed by atoms with E-state index in [1.165, 1.54) is 6.42 Å². The number of nitrogens with zero attached hydrogens (tertiary/aromatic N) is 1. The fourth-order valence-corrected chi connectivity index (χ4v) is 3.54. The standard InChI is InChI=1S/C15H30N2O2/c1-5-16-9-15(6-7-18-12-15)11-17-8-13(2)19-14(3,4)10-17/h13,16H,5-12H2,1-4H3. The van der Waals surface area contributed by atoms with E-state index in [4.69, 9.17) is 9.47 Å². The van der Waals surface area contributed by atoms with E-state index in [-0.39, 0.29) is 5.60 Å². The van der Waals surface area contributed by atoms with Crippen LogP contribution in [-0.4, -0.2) is 62.5 Å². The first-order valence-electron chi connectivity index (χ1n) is 7.63. The first-order valence-corrected chi connectivity index (χ1v) is 7.63. The Kier molecular flexibility index (Phi) is 4.88. The molecule has 2 aliphatic rings. The maximum absolute atomic E-state index is 5.99. The number of hydrogen-bond acceptors (Lipinski definition) is 4. The average molecular weight is 270 g/mol. The first-order chi connectivity index (χ1) is 8.95. The Hall–Kier alpha value is -0.160. The predicted octanol–water partition coefficient (Wildman–Crippen LogP) is 1.50. The van der Waals surface area contributed by atoms with Crippen molar-refractivity contribution < 1.29 is 9.47 Å². The fraction of sp³-hybridized carbons (Fsp3) is 1.00. The third-order valence-electron chi connectivity index (χ3n) is 4.13. The summed E-state index contributed by atoms with van der Waals surface area (Å²) in [4.78, 5) is 2.57. The summed E-state index contributed by atoms with van der Waals surface area (Å²) in [6.07, 6.45) is 1.49. The van der Waals surface area contributed by atoms with Crippen LogP contribution in [0.1, 0.15) is 34.1 Å². The normalized spacial score (nSPS) is 35.7. The molecule has 2 saturated heterocycles. The summed E-state index contributed by atoms with van der Waals surface area (Å²) < 4.78 is 11.7. The summed E-state index contributed by atoms with van der Waals surface area (Å²) in [6.45, 7) is 15.8. The van der Waals surface area contributed by atoms with Crippen molar-refractivity contribution >= 4 is 0 Å². The molecule has 2 unspecified atom stereocenters. The molecule has 19 heavy (non-hydrogen) atoms. The van der Waals surface area contributed by atoms with Crippen molar-refractivity contribution in [2.45, 2.75) is 45.8 Å². The minimum absolute atomic E-state index is 0.0312. The molecule has 0 spiro atoms. The molecule has 0 aromatic heterocycles. The average Bonchev–Trinajstić information content (AvgIpc) is 2.72. The van der Waals surface area contributed by atoms with Crippen molar-refractivity contribution in [1.29, 1.82) is 0 Å². The maximum Gasteiger partial charge on any atom is 0.0757 e. The topological polar surface area (TPSA) is 33.7 Å². The Morgan fingerprint density at radius 2 is 2.16 bits per heavy atom. The quantitative estimate of drug-likeness (QED) is 0.821. The molecule has 0 amide bonds. The maximum atomic E-state index is 5.99. The largest absolute Gasteiger partial charge is 0.381 e. The van der Waals surface area contributed by atoms with Crippen molar-refractivity contribution in [1.82, 2.24) is 10.2 Å². The van der Waals surface area contributed by atoms with E-state index < -0.39 is 0 Å². The van der Waals surface area contributed by atoms with Crippen LogP contribution < -0.4 is 5.32 Å². The van der Waals surface area contributed by atoms with E-state index in [1.54, 1.807) is 0 Å². The molecule has 2 aliphatic heterocycles. The van der Waals surface area contributed by atoms with Crippen LogP contribution in [0, 0.1) is 5.41 Å². The van der Waals surface area contributed by atoms with E-state index in [0.717, 1.165) is 45.9 Å². The zero-order valence-corrected chi connectivity index (χ0v) is 13.0. The minimum Gasteiger partial charge on any atom is -0.381 e. The molecule has 0 saturated carbocycles. The highest BCUT2D eigenvalue weighted by Gasteiger charge is 2.39. The van der Waals surface area contributed by atoms with Gasteiger partial charge in [0.2, 0.25) is 0 Å². The number of ether oxygens (including phenoxy) is 2. The third kappa shape index (κ3) is 4.15. The monoisotopic (exact) mass is 270 g/mol. The molecule has 2 atom stereocenters. The number of rotatable bonds is 5. The summed E-state index contributed by atoms with van der Waals surface area (Å²) in [5.41, 5.74) is 0.264. The Morgan fingerprint density at radius 3 is 2.74 bits per heavy atom. The van der Waals surface area contributed by atoms with Gasteiger partial charge in [0.05, 0.1) is 18.3 Å². The van der Waals surface area contributed by atoms with Gasteiger partial charge in [0, 0.05) is 38.2 Å². The van der Waals surface area contributed by atoms with Crippen LogP contribution in [0.4, 0.5) is 0 Å². The molecule has 4 heteroatoms. The van der Waals surface area contributed by atoms with Gasteiger partial charge < -0.3 is 14.8 Å². The van der Waals surface area contributed by atoms with Crippen molar-refractivity contribution in [3.8, 4) is 0 Å². The summed E-state index contributed by atoms with van der Waals surface area (Å²) in [7, 11) is 0. The molecule has 0 radical (unpaired) electrons. The van der Waals surface area contributed by atoms with Crippen molar-refractivity contribution in [3.63, 3.8) is 0 Å². The molecule has 1 N–H and O–H groups in total. The lowest BCUT2D eigenvalue weighted by Crippen LogP contribution is -2.55. The second-order valence-corrected chi connectivity index (χ2v) is 6.94. The molecule has 2 rings (SSSR count). The van der Waals surface area contributed by atoms with Crippen molar-refractivity contribution in [2.75, 3.05) is 45.9 Å². The van der Waals surface area contributed by atoms with Crippen LogP contribution in [0.5, 0.6) is 0 Å². The smallest absolute Gasteiger partial charge is 0.0757 e. The predicted molar refractivity (Wildman–Crippen MR) is 77.5 cm³/mol. The molecule has 0 bridgehead atoms. The van der Waals surface area contributed by atoms with Crippen LogP contribution in [0.15, 0.2) is 0 Å². The first kappa shape index (κ1) is 15.2. The van der Waals surface area contributed by atoms with E-state index >= 15 is 0 Å². The molecule has 0 aliphatic carbocycles. The van der Waals surface area contributed by atoms with E-state index in [9.17, 15) is 0 Å². The van der Waals surface area contributed by atoms with E-state index in [1.807, 2.05) is 0 Å². The van der Waals surface area contributed by atoms with Gasteiger partial charge in [-0.25, -0.2) is 0 Å². The highest BCUT2D eigenvalue weighted by atomic mass is 16.5. The molecule has 0 aromatic carbocycles. The Morgan fingerprint density at radius 1 is 1.37 bits per heavy atom. The number of hydrogen-bond donors (Lipinski definition) is 1. The Labute approximate surface area is 117 Å². The molecule has 2 heterocycles. The highest BCUT2D eigenvalue weighted by Crippen LogP contribution is 2.31. The summed E-state index contributed by atoms with van der Waals surface area (Å²) in [5.74, 6) is 0. The van der Waals surface area contributed by atoms with Gasteiger partial charge in [-0.05, 0) is 33.7 Å². The molecule has 4 nitrogen and oxygen atoms in total. The van der Waals surface area contributed by atoms with Crippen LogP contribution in [0.3, 0.4) is 0 Å². The van der Waals surface area contributed by atoms with Crippen LogP contribution in [-0.2, 0) is 9.47 Å². The van der Waals surface area contributed by atoms with Crippen LogP contribution >= 0.6 is 0 Å². The van der Waals surface area contributed by atoms with Gasteiger partial charge in [-0.1, -0.05) is 6.92 Å². The van der Waals surface area contributed by atoms with Crippen LogP contribution in [0.25, 0.3) is 0 Å². The second-order valence-electron chi connectivity index (χ2n) is 6.94. The van der Waals surface area contributed by atoms with Gasteiger partial charge in [-0.15, -0.1) is 0 Å². The van der Waals surface area contributed by atoms with Crippen molar-refractivity contribution in [2.24, 2.45) is 5.41 Å². The highest BCUT2D eigenvalue weighted by molar-refractivity contribution is 4.92. The molecular weight excluding hydrogens is 240 g/mol. The Bertz CT molecular complexity index is 288. The lowest BCUT2D eigenvalue weighted by molar-refractivity contribution is -0.135. The molecule has 0 aromatic rings. The zero-order chi connectivity index (χ0) is 13.9. The third-order valence-corrected chi connectivity index (χ3v) is 4.13. The van der Waals surface area contributed by atoms with Crippen molar-refractivity contribution in [3.05, 3.63) is 0 Å². The van der Waals surface area contributed by atoms with Gasteiger partial charge in [-0.2, -0.15) is 0 Å². The summed E-state index contributed by atoms with van der Waals surface area (Å²) in [6, 6.07) is 0. The van der Waals surface area contributed by atoms with Gasteiger partial charge in [0.1, 0.15) is 0 Å². The second kappa shape index (κ2) is 6.08. The summed E-state index contributed by atoms with van der Waals surface area (Å²) in [5, 5.41) is 3.51. The molecule has 2 fully saturated rings. The number of morpholine rings is 1. The fourth-order valence-electron chi connectivity index (χ4n) is 3.54. The van der Waals surface area contributed by atoms with Gasteiger partial charge >= 0.3 is 0 Å². The zero-order valence-electron chi connectivity index (χ0n) is 13.0. The van der Waals surface area contributed by atoms with Gasteiger partial charge in [0.15, 0.2) is 0 Å². The molecular formula is C15H30N2O2. The van der Waals surface area contributed by atoms with Crippen LogP contribution in [0.2, 0.25) is 0 Å².